The molecule has 5 rings (SSSR count). The fraction of sp³-hybridized carbons (Fsp3) is 0.429. The topological polar surface area (TPSA) is 108 Å². The molecule has 2 saturated heterocycles. The molecule has 2 N–H and O–H groups in total. The van der Waals surface area contributed by atoms with Crippen molar-refractivity contribution in [3.05, 3.63) is 46.6 Å². The van der Waals surface area contributed by atoms with Gasteiger partial charge in [0, 0.05) is 39.1 Å². The third-order valence-corrected chi connectivity index (χ3v) is 6.17. The number of piperidine rings is 1. The lowest BCUT2D eigenvalue weighted by molar-refractivity contribution is -0.138. The first-order chi connectivity index (χ1) is 16.2. The Bertz CT molecular complexity index is 1290. The number of ether oxygens (including phenoxy) is 1. The smallest absolute Gasteiger partial charge is 0.372 e. The number of aryl methyl sites for hydroxylation is 1. The second-order valence-corrected chi connectivity index (χ2v) is 8.33. The molecule has 0 aliphatic carbocycles. The summed E-state index contributed by atoms with van der Waals surface area (Å²) in [6, 6.07) is 1.58. The van der Waals surface area contributed by atoms with Crippen LogP contribution in [-0.4, -0.2) is 68.8 Å². The summed E-state index contributed by atoms with van der Waals surface area (Å²) >= 11 is 0. The van der Waals surface area contributed by atoms with Gasteiger partial charge in [-0.3, -0.25) is 4.79 Å². The number of fused-ring (bicyclic) bond motifs is 2. The number of urea groups is 1. The minimum Gasteiger partial charge on any atom is -0.372 e. The van der Waals surface area contributed by atoms with Gasteiger partial charge in [-0.1, -0.05) is 0 Å². The van der Waals surface area contributed by atoms with Gasteiger partial charge >= 0.3 is 12.2 Å². The first-order valence-electron chi connectivity index (χ1n) is 10.7. The molecule has 3 aromatic heterocycles. The summed E-state index contributed by atoms with van der Waals surface area (Å²) in [4.78, 5) is 40.9. The predicted molar refractivity (Wildman–Crippen MR) is 117 cm³/mol. The van der Waals surface area contributed by atoms with E-state index in [2.05, 4.69) is 20.3 Å². The molecule has 0 aromatic carbocycles. The molecule has 0 unspecified atom stereocenters. The number of alkyl halides is 3. The molecule has 0 spiro atoms. The van der Waals surface area contributed by atoms with Crippen molar-refractivity contribution in [1.82, 2.24) is 24.4 Å². The molecular formula is C21H22F3N7O3. The molecular weight excluding hydrogens is 455 g/mol. The molecule has 5 heterocycles. The van der Waals surface area contributed by atoms with Gasteiger partial charge in [-0.15, -0.1) is 0 Å². The lowest BCUT2D eigenvalue weighted by Gasteiger charge is -2.46. The van der Waals surface area contributed by atoms with Crippen molar-refractivity contribution >= 4 is 28.7 Å². The molecule has 0 radical (unpaired) electrons. The van der Waals surface area contributed by atoms with E-state index < -0.39 is 29.0 Å². The number of rotatable bonds is 2. The van der Waals surface area contributed by atoms with Gasteiger partial charge in [-0.05, 0) is 18.6 Å². The van der Waals surface area contributed by atoms with Crippen molar-refractivity contribution in [3.63, 3.8) is 0 Å². The number of pyridine rings is 1. The second-order valence-electron chi connectivity index (χ2n) is 8.33. The van der Waals surface area contributed by atoms with E-state index in [-0.39, 0.29) is 25.3 Å². The number of aromatic nitrogens is 4. The van der Waals surface area contributed by atoms with Gasteiger partial charge in [0.1, 0.15) is 17.0 Å². The molecule has 34 heavy (non-hydrogen) atoms. The highest BCUT2D eigenvalue weighted by Crippen LogP contribution is 2.30. The Morgan fingerprint density at radius 2 is 2.15 bits per heavy atom. The van der Waals surface area contributed by atoms with Crippen LogP contribution < -0.4 is 15.8 Å². The number of amides is 2. The Hall–Kier alpha value is -3.61. The van der Waals surface area contributed by atoms with Crippen molar-refractivity contribution in [2.75, 3.05) is 36.5 Å². The number of aromatic amines is 1. The number of hydrogen-bond donors (Lipinski definition) is 2. The fourth-order valence-electron chi connectivity index (χ4n) is 4.47. The molecule has 2 atom stereocenters. The van der Waals surface area contributed by atoms with Crippen LogP contribution in [0.2, 0.25) is 0 Å². The highest BCUT2D eigenvalue weighted by atomic mass is 19.4. The molecule has 10 nitrogen and oxygen atoms in total. The van der Waals surface area contributed by atoms with Gasteiger partial charge in [-0.2, -0.15) is 13.2 Å². The van der Waals surface area contributed by atoms with E-state index in [9.17, 15) is 22.8 Å². The third kappa shape index (κ3) is 4.06. The van der Waals surface area contributed by atoms with Crippen LogP contribution in [0.4, 0.5) is 29.5 Å². The summed E-state index contributed by atoms with van der Waals surface area (Å²) in [5, 5.41) is 2.39. The number of halogens is 3. The van der Waals surface area contributed by atoms with Gasteiger partial charge in [0.05, 0.1) is 30.5 Å². The molecule has 180 valence electrons. The molecule has 0 saturated carbocycles. The van der Waals surface area contributed by atoms with Crippen LogP contribution in [0, 0.1) is 0 Å². The Morgan fingerprint density at radius 1 is 1.32 bits per heavy atom. The molecule has 2 aliphatic rings. The molecule has 2 fully saturated rings. The fourth-order valence-corrected chi connectivity index (χ4v) is 4.47. The number of hydrogen-bond acceptors (Lipinski definition) is 6. The maximum Gasteiger partial charge on any atom is 0.417 e. The van der Waals surface area contributed by atoms with Gasteiger partial charge in [0.2, 0.25) is 0 Å². The Kier molecular flexibility index (Phi) is 5.42. The summed E-state index contributed by atoms with van der Waals surface area (Å²) in [6.07, 6.45) is -0.262. The maximum absolute atomic E-state index is 13.2. The monoisotopic (exact) mass is 477 g/mol. The standard InChI is InChI=1S/C21H22F3N7O3/c1-29-10-12(21(22,23)24)8-14(19(29)32)28-20(33)31-6-7-34-16-11-30(5-3-15(16)31)17-9-26-18-13(27-17)2-4-25-18/h2,4,8-10,15-16H,3,5-7,11H2,1H3,(H,25,26)(H,28,33)/t15-,16-/m1/s1. The van der Waals surface area contributed by atoms with E-state index in [1.54, 1.807) is 12.4 Å². The number of anilines is 2. The van der Waals surface area contributed by atoms with Crippen LogP contribution >= 0.6 is 0 Å². The first kappa shape index (κ1) is 22.2. The van der Waals surface area contributed by atoms with Crippen LogP contribution in [0.1, 0.15) is 12.0 Å². The van der Waals surface area contributed by atoms with Crippen molar-refractivity contribution in [1.29, 1.82) is 0 Å². The number of carbonyl (C=O) groups excluding carboxylic acids is 1. The quantitative estimate of drug-likeness (QED) is 0.586. The minimum absolute atomic E-state index is 0.265. The summed E-state index contributed by atoms with van der Waals surface area (Å²) in [6.45, 7) is 1.60. The van der Waals surface area contributed by atoms with Crippen LogP contribution in [-0.2, 0) is 18.0 Å². The van der Waals surface area contributed by atoms with Gasteiger partial charge < -0.3 is 29.4 Å². The van der Waals surface area contributed by atoms with Crippen molar-refractivity contribution in [3.8, 4) is 0 Å². The first-order valence-corrected chi connectivity index (χ1v) is 10.7. The Labute approximate surface area is 191 Å². The van der Waals surface area contributed by atoms with Gasteiger partial charge in [-0.25, -0.2) is 14.8 Å². The van der Waals surface area contributed by atoms with Crippen LogP contribution in [0.25, 0.3) is 11.2 Å². The van der Waals surface area contributed by atoms with E-state index in [1.807, 2.05) is 11.0 Å². The summed E-state index contributed by atoms with van der Waals surface area (Å²) in [5.41, 5.74) is -0.722. The highest BCUT2D eigenvalue weighted by Gasteiger charge is 2.40. The SMILES string of the molecule is Cn1cc(C(F)(F)F)cc(NC(=O)N2CCO[C@@H]3CN(c4cnc5[nH]ccc5n4)CC[C@H]32)c1=O. The van der Waals surface area contributed by atoms with Gasteiger partial charge in [0.15, 0.2) is 5.65 Å². The second kappa shape index (κ2) is 8.31. The highest BCUT2D eigenvalue weighted by molar-refractivity contribution is 5.89. The van der Waals surface area contributed by atoms with E-state index in [4.69, 9.17) is 4.74 Å². The zero-order valence-electron chi connectivity index (χ0n) is 18.2. The average Bonchev–Trinajstić information content (AvgIpc) is 3.28. The molecule has 13 heteroatoms. The van der Waals surface area contributed by atoms with E-state index in [0.717, 1.165) is 10.1 Å². The normalized spacial score (nSPS) is 20.9. The summed E-state index contributed by atoms with van der Waals surface area (Å²) < 4.78 is 46.2. The average molecular weight is 477 g/mol. The van der Waals surface area contributed by atoms with Crippen molar-refractivity contribution < 1.29 is 22.7 Å². The number of morpholine rings is 1. The van der Waals surface area contributed by atoms with Crippen LogP contribution in [0.5, 0.6) is 0 Å². The lowest BCUT2D eigenvalue weighted by Crippen LogP contribution is -2.61. The van der Waals surface area contributed by atoms with E-state index in [0.29, 0.717) is 43.2 Å². The predicted octanol–water partition coefficient (Wildman–Crippen LogP) is 2.19. The van der Waals surface area contributed by atoms with Crippen LogP contribution in [0.3, 0.4) is 0 Å². The van der Waals surface area contributed by atoms with Crippen molar-refractivity contribution in [2.24, 2.45) is 7.05 Å². The summed E-state index contributed by atoms with van der Waals surface area (Å²) in [7, 11) is 1.21. The molecule has 2 amide bonds. The number of nitrogens with zero attached hydrogens (tertiary/aromatic N) is 5. The Morgan fingerprint density at radius 3 is 2.94 bits per heavy atom. The number of H-pyrrole nitrogens is 1. The molecule has 3 aromatic rings. The molecule has 0 bridgehead atoms. The zero-order valence-corrected chi connectivity index (χ0v) is 18.2. The lowest BCUT2D eigenvalue weighted by atomic mass is 9.98. The molecule has 2 aliphatic heterocycles. The minimum atomic E-state index is -4.64. The van der Waals surface area contributed by atoms with Crippen LogP contribution in [0.15, 0.2) is 35.5 Å². The number of carbonyl (C=O) groups is 1. The van der Waals surface area contributed by atoms with Gasteiger partial charge in [0.25, 0.3) is 5.56 Å². The Balaban J connectivity index is 1.32. The largest absolute Gasteiger partial charge is 0.417 e. The van der Waals surface area contributed by atoms with E-state index >= 15 is 0 Å². The van der Waals surface area contributed by atoms with Crippen molar-refractivity contribution in [2.45, 2.75) is 24.7 Å². The summed E-state index contributed by atoms with van der Waals surface area (Å²) in [5.74, 6) is 0.697. The van der Waals surface area contributed by atoms with E-state index in [1.165, 1.54) is 11.9 Å². The number of nitrogens with one attached hydrogen (secondary N) is 2. The third-order valence-electron chi connectivity index (χ3n) is 6.17. The maximum atomic E-state index is 13.2. The zero-order chi connectivity index (χ0) is 24.0.